The summed E-state index contributed by atoms with van der Waals surface area (Å²) in [6, 6.07) is 15.5. The van der Waals surface area contributed by atoms with Crippen molar-refractivity contribution >= 4 is 21.8 Å². The third-order valence-corrected chi connectivity index (χ3v) is 5.47. The number of benzene rings is 2. The minimum absolute atomic E-state index is 0.0411. The second-order valence-corrected chi connectivity index (χ2v) is 7.68. The predicted octanol–water partition coefficient (Wildman–Crippen LogP) is 3.86. The number of carbonyl (C=O) groups excluding carboxylic acids is 1. The van der Waals surface area contributed by atoms with E-state index in [1.54, 1.807) is 6.92 Å². The minimum Gasteiger partial charge on any atom is -0.347 e. The van der Waals surface area contributed by atoms with Gasteiger partial charge in [-0.1, -0.05) is 40.2 Å². The second kappa shape index (κ2) is 7.60. The van der Waals surface area contributed by atoms with Gasteiger partial charge >= 0.3 is 0 Å². The van der Waals surface area contributed by atoms with E-state index >= 15 is 0 Å². The number of rotatable bonds is 4. The van der Waals surface area contributed by atoms with Crippen molar-refractivity contribution in [3.05, 3.63) is 64.1 Å². The molecular formula is C20H20BrN5O. The van der Waals surface area contributed by atoms with E-state index in [1.165, 1.54) is 15.9 Å². The SMILES string of the molecule is CC(C(=O)NC1CCCc2ccccc21)n1nnc(-c2ccc(Br)cc2)n1. The summed E-state index contributed by atoms with van der Waals surface area (Å²) < 4.78 is 0.985. The van der Waals surface area contributed by atoms with Gasteiger partial charge in [-0.15, -0.1) is 10.2 Å². The number of hydrogen-bond donors (Lipinski definition) is 1. The first kappa shape index (κ1) is 17.9. The van der Waals surface area contributed by atoms with Gasteiger partial charge in [0.2, 0.25) is 11.7 Å². The smallest absolute Gasteiger partial charge is 0.247 e. The summed E-state index contributed by atoms with van der Waals surface area (Å²) in [5, 5.41) is 15.7. The standard InChI is InChI=1S/C20H20BrN5O/c1-13(26-24-19(23-25-26)15-9-11-16(21)12-10-15)20(27)22-18-8-4-6-14-5-2-3-7-17(14)18/h2-3,5,7,9-13,18H,4,6,8H2,1H3,(H,22,27). The quantitative estimate of drug-likeness (QED) is 0.688. The summed E-state index contributed by atoms with van der Waals surface area (Å²) in [4.78, 5) is 14.1. The fourth-order valence-electron chi connectivity index (χ4n) is 3.40. The molecule has 0 saturated heterocycles. The number of carbonyl (C=O) groups is 1. The molecule has 3 aromatic rings. The van der Waals surface area contributed by atoms with Crippen LogP contribution in [0.15, 0.2) is 53.0 Å². The first-order valence-corrected chi connectivity index (χ1v) is 9.85. The zero-order chi connectivity index (χ0) is 18.8. The van der Waals surface area contributed by atoms with Gasteiger partial charge in [-0.05, 0) is 66.8 Å². The van der Waals surface area contributed by atoms with Crippen molar-refractivity contribution in [2.24, 2.45) is 0 Å². The van der Waals surface area contributed by atoms with Crippen LogP contribution in [0.25, 0.3) is 11.4 Å². The van der Waals surface area contributed by atoms with Gasteiger partial charge in [0, 0.05) is 10.0 Å². The highest BCUT2D eigenvalue weighted by Crippen LogP contribution is 2.29. The van der Waals surface area contributed by atoms with Gasteiger partial charge in [-0.3, -0.25) is 4.79 Å². The summed E-state index contributed by atoms with van der Waals surface area (Å²) in [5.74, 6) is 0.404. The maximum absolute atomic E-state index is 12.8. The van der Waals surface area contributed by atoms with Crippen molar-refractivity contribution in [2.75, 3.05) is 0 Å². The van der Waals surface area contributed by atoms with Crippen LogP contribution in [0.2, 0.25) is 0 Å². The van der Waals surface area contributed by atoms with Crippen molar-refractivity contribution in [1.82, 2.24) is 25.5 Å². The first-order valence-electron chi connectivity index (χ1n) is 9.05. The Morgan fingerprint density at radius 3 is 2.81 bits per heavy atom. The highest BCUT2D eigenvalue weighted by molar-refractivity contribution is 9.10. The molecular weight excluding hydrogens is 406 g/mol. The fraction of sp³-hybridized carbons (Fsp3) is 0.300. The summed E-state index contributed by atoms with van der Waals surface area (Å²) in [7, 11) is 0. The molecule has 2 aromatic carbocycles. The van der Waals surface area contributed by atoms with E-state index < -0.39 is 6.04 Å². The maximum Gasteiger partial charge on any atom is 0.247 e. The molecule has 1 amide bonds. The second-order valence-electron chi connectivity index (χ2n) is 6.77. The first-order chi connectivity index (χ1) is 13.1. The number of aromatic nitrogens is 4. The third-order valence-electron chi connectivity index (χ3n) is 4.94. The van der Waals surface area contributed by atoms with Crippen LogP contribution in [0.3, 0.4) is 0 Å². The minimum atomic E-state index is -0.532. The molecule has 0 radical (unpaired) electrons. The molecule has 7 heteroatoms. The number of nitrogens with one attached hydrogen (secondary N) is 1. The molecule has 27 heavy (non-hydrogen) atoms. The predicted molar refractivity (Wildman–Crippen MR) is 106 cm³/mol. The normalized spacial score (nSPS) is 17.2. The van der Waals surface area contributed by atoms with E-state index in [4.69, 9.17) is 0 Å². The fourth-order valence-corrected chi connectivity index (χ4v) is 3.67. The number of nitrogens with zero attached hydrogens (tertiary/aromatic N) is 4. The van der Waals surface area contributed by atoms with Gasteiger partial charge in [-0.2, -0.15) is 4.80 Å². The Bertz CT molecular complexity index is 953. The van der Waals surface area contributed by atoms with Crippen LogP contribution >= 0.6 is 15.9 Å². The monoisotopic (exact) mass is 425 g/mol. The Morgan fingerprint density at radius 1 is 1.22 bits per heavy atom. The molecule has 0 saturated carbocycles. The molecule has 1 N–H and O–H groups in total. The molecule has 1 aliphatic rings. The van der Waals surface area contributed by atoms with E-state index in [0.29, 0.717) is 5.82 Å². The van der Waals surface area contributed by atoms with Crippen LogP contribution in [0.1, 0.15) is 43.0 Å². The lowest BCUT2D eigenvalue weighted by Gasteiger charge is -2.27. The molecule has 2 unspecified atom stereocenters. The number of fused-ring (bicyclic) bond motifs is 1. The number of aryl methyl sites for hydroxylation is 1. The molecule has 138 valence electrons. The van der Waals surface area contributed by atoms with E-state index in [2.05, 4.69) is 54.9 Å². The van der Waals surface area contributed by atoms with Gasteiger partial charge in [0.15, 0.2) is 0 Å². The van der Waals surface area contributed by atoms with Crippen LogP contribution in [-0.4, -0.2) is 26.1 Å². The van der Waals surface area contributed by atoms with Crippen molar-refractivity contribution in [3.63, 3.8) is 0 Å². The van der Waals surface area contributed by atoms with Crippen molar-refractivity contribution < 1.29 is 4.79 Å². The van der Waals surface area contributed by atoms with Gasteiger partial charge in [0.25, 0.3) is 0 Å². The Labute approximate surface area is 166 Å². The summed E-state index contributed by atoms with van der Waals surface area (Å²) in [6.45, 7) is 1.79. The van der Waals surface area contributed by atoms with Gasteiger partial charge in [0.05, 0.1) is 6.04 Å². The van der Waals surface area contributed by atoms with Gasteiger partial charge < -0.3 is 5.32 Å². The van der Waals surface area contributed by atoms with Crippen molar-refractivity contribution in [1.29, 1.82) is 0 Å². The Balaban J connectivity index is 1.48. The molecule has 1 aromatic heterocycles. The molecule has 0 aliphatic heterocycles. The number of hydrogen-bond acceptors (Lipinski definition) is 4. The lowest BCUT2D eigenvalue weighted by Crippen LogP contribution is -2.36. The Morgan fingerprint density at radius 2 is 2.00 bits per heavy atom. The van der Waals surface area contributed by atoms with Crippen LogP contribution in [-0.2, 0) is 11.2 Å². The molecule has 1 heterocycles. The van der Waals surface area contributed by atoms with Gasteiger partial charge in [-0.25, -0.2) is 0 Å². The van der Waals surface area contributed by atoms with Crippen molar-refractivity contribution in [2.45, 2.75) is 38.3 Å². The average Bonchev–Trinajstić information content (AvgIpc) is 3.18. The third kappa shape index (κ3) is 3.78. The molecule has 0 fully saturated rings. The zero-order valence-electron chi connectivity index (χ0n) is 15.0. The molecule has 4 rings (SSSR count). The van der Waals surface area contributed by atoms with E-state index in [0.717, 1.165) is 29.3 Å². The number of halogens is 1. The number of amides is 1. The van der Waals surface area contributed by atoms with Crippen LogP contribution in [0, 0.1) is 0 Å². The summed E-state index contributed by atoms with van der Waals surface area (Å²) >= 11 is 3.41. The summed E-state index contributed by atoms with van der Waals surface area (Å²) in [5.41, 5.74) is 3.39. The molecule has 0 bridgehead atoms. The lowest BCUT2D eigenvalue weighted by molar-refractivity contribution is -0.125. The topological polar surface area (TPSA) is 72.7 Å². The average molecular weight is 426 g/mol. The number of tetrazole rings is 1. The highest BCUT2D eigenvalue weighted by atomic mass is 79.9. The lowest BCUT2D eigenvalue weighted by atomic mass is 9.87. The van der Waals surface area contributed by atoms with Crippen LogP contribution in [0.4, 0.5) is 0 Å². The van der Waals surface area contributed by atoms with Crippen LogP contribution in [0.5, 0.6) is 0 Å². The molecule has 0 spiro atoms. The summed E-state index contributed by atoms with van der Waals surface area (Å²) in [6.07, 6.45) is 3.09. The van der Waals surface area contributed by atoms with Crippen molar-refractivity contribution in [3.8, 4) is 11.4 Å². The van der Waals surface area contributed by atoms with E-state index in [9.17, 15) is 4.79 Å². The Kier molecular flexibility index (Phi) is 5.03. The van der Waals surface area contributed by atoms with Crippen LogP contribution < -0.4 is 5.32 Å². The molecule has 2 atom stereocenters. The van der Waals surface area contributed by atoms with E-state index in [1.807, 2.05) is 30.3 Å². The zero-order valence-corrected chi connectivity index (χ0v) is 16.6. The highest BCUT2D eigenvalue weighted by Gasteiger charge is 2.25. The van der Waals surface area contributed by atoms with E-state index in [-0.39, 0.29) is 11.9 Å². The van der Waals surface area contributed by atoms with Gasteiger partial charge in [0.1, 0.15) is 6.04 Å². The molecule has 1 aliphatic carbocycles. The maximum atomic E-state index is 12.8. The Hall–Kier alpha value is -2.54. The molecule has 6 nitrogen and oxygen atoms in total. The largest absolute Gasteiger partial charge is 0.347 e.